The minimum atomic E-state index is -0.937. The number of hydrogen-bond donors (Lipinski definition) is 2. The Morgan fingerprint density at radius 2 is 1.39 bits per heavy atom. The van der Waals surface area contributed by atoms with Crippen LogP contribution in [0.25, 0.3) is 11.1 Å². The second-order valence-electron chi connectivity index (χ2n) is 9.89. The van der Waals surface area contributed by atoms with Crippen molar-refractivity contribution in [2.75, 3.05) is 5.32 Å². The van der Waals surface area contributed by atoms with Crippen LogP contribution in [0.15, 0.2) is 114 Å². The highest BCUT2D eigenvalue weighted by molar-refractivity contribution is 6.01. The van der Waals surface area contributed by atoms with Gasteiger partial charge in [0.2, 0.25) is 11.5 Å². The molecular formula is C33H31N5O3. The highest BCUT2D eigenvalue weighted by Crippen LogP contribution is 2.30. The van der Waals surface area contributed by atoms with Gasteiger partial charge in [-0.25, -0.2) is 0 Å². The number of carbonyl (C=O) groups is 2. The van der Waals surface area contributed by atoms with Crippen LogP contribution in [-0.4, -0.2) is 32.2 Å². The summed E-state index contributed by atoms with van der Waals surface area (Å²) >= 11 is 0. The first-order chi connectivity index (χ1) is 19.8. The molecular weight excluding hydrogens is 514 g/mol. The fourth-order valence-corrected chi connectivity index (χ4v) is 5.00. The van der Waals surface area contributed by atoms with Gasteiger partial charge in [0, 0.05) is 49.2 Å². The predicted octanol–water partition coefficient (Wildman–Crippen LogP) is 4.66. The van der Waals surface area contributed by atoms with E-state index in [-0.39, 0.29) is 11.5 Å². The molecule has 0 bridgehead atoms. The van der Waals surface area contributed by atoms with Gasteiger partial charge < -0.3 is 15.2 Å². The van der Waals surface area contributed by atoms with E-state index >= 15 is 0 Å². The van der Waals surface area contributed by atoms with E-state index in [4.69, 9.17) is 0 Å². The maximum atomic E-state index is 14.0. The number of amides is 2. The second-order valence-corrected chi connectivity index (χ2v) is 9.89. The van der Waals surface area contributed by atoms with Crippen molar-refractivity contribution in [1.82, 2.24) is 19.7 Å². The Morgan fingerprint density at radius 1 is 0.780 bits per heavy atom. The highest BCUT2D eigenvalue weighted by Gasteiger charge is 2.33. The average molecular weight is 546 g/mol. The number of aromatic nitrogens is 3. The van der Waals surface area contributed by atoms with Crippen molar-refractivity contribution in [2.45, 2.75) is 18.9 Å². The largest absolute Gasteiger partial charge is 0.338 e. The summed E-state index contributed by atoms with van der Waals surface area (Å²) in [4.78, 5) is 39.3. The lowest BCUT2D eigenvalue weighted by atomic mass is 9.84. The molecule has 0 saturated carbocycles. The Morgan fingerprint density at radius 3 is 1.95 bits per heavy atom. The predicted molar refractivity (Wildman–Crippen MR) is 160 cm³/mol. The van der Waals surface area contributed by atoms with Gasteiger partial charge in [-0.05, 0) is 47.9 Å². The second kappa shape index (κ2) is 11.9. The first-order valence-electron chi connectivity index (χ1n) is 13.3. The molecule has 8 nitrogen and oxygen atoms in total. The van der Waals surface area contributed by atoms with E-state index in [1.807, 2.05) is 91.9 Å². The van der Waals surface area contributed by atoms with Crippen molar-refractivity contribution in [3.05, 3.63) is 142 Å². The Labute approximate surface area is 238 Å². The SMILES string of the molecule is Cc1c(-c2ccc(NC(=O)C(NC(=O)c3ccnn3C)C(c3ccccc3)c3ccccc3)cc2)ccc(=O)n1C. The normalized spacial score (nSPS) is 11.7. The highest BCUT2D eigenvalue weighted by atomic mass is 16.2. The molecule has 5 rings (SSSR count). The molecule has 2 amide bonds. The first-order valence-corrected chi connectivity index (χ1v) is 13.3. The van der Waals surface area contributed by atoms with Crippen molar-refractivity contribution >= 4 is 17.5 Å². The van der Waals surface area contributed by atoms with Gasteiger partial charge in [0.05, 0.1) is 0 Å². The molecule has 3 aromatic carbocycles. The zero-order valence-electron chi connectivity index (χ0n) is 23.1. The molecule has 8 heteroatoms. The maximum Gasteiger partial charge on any atom is 0.270 e. The van der Waals surface area contributed by atoms with Crippen LogP contribution in [0.3, 0.4) is 0 Å². The van der Waals surface area contributed by atoms with Crippen molar-refractivity contribution in [1.29, 1.82) is 0 Å². The standard InChI is InChI=1S/C33H31N5O3/c1-22-27(18-19-29(39)37(22)2)23-14-16-26(17-15-23)35-33(41)31(36-32(40)28-20-21-34-38(28)3)30(24-10-6-4-7-11-24)25-12-8-5-9-13-25/h4-21,30-31H,1-3H3,(H,35,41)(H,36,40). The number of pyridine rings is 1. The molecule has 5 aromatic rings. The van der Waals surface area contributed by atoms with Crippen molar-refractivity contribution in [3.63, 3.8) is 0 Å². The number of rotatable bonds is 8. The number of aryl methyl sites for hydroxylation is 1. The Kier molecular flexibility index (Phi) is 7.92. The monoisotopic (exact) mass is 545 g/mol. The number of nitrogens with one attached hydrogen (secondary N) is 2. The molecule has 0 aliphatic heterocycles. The molecule has 0 aliphatic carbocycles. The van der Waals surface area contributed by atoms with Crippen LogP contribution in [-0.2, 0) is 18.9 Å². The van der Waals surface area contributed by atoms with Crippen LogP contribution in [0.5, 0.6) is 0 Å². The molecule has 0 spiro atoms. The van der Waals surface area contributed by atoms with Crippen LogP contribution in [0.1, 0.15) is 33.2 Å². The molecule has 0 fully saturated rings. The van der Waals surface area contributed by atoms with Gasteiger partial charge in [0.1, 0.15) is 11.7 Å². The van der Waals surface area contributed by atoms with Crippen LogP contribution in [0, 0.1) is 6.92 Å². The third-order valence-corrected chi connectivity index (χ3v) is 7.35. The molecule has 41 heavy (non-hydrogen) atoms. The van der Waals surface area contributed by atoms with Gasteiger partial charge in [0.15, 0.2) is 0 Å². The average Bonchev–Trinajstić information content (AvgIpc) is 3.43. The molecule has 2 heterocycles. The molecule has 2 aromatic heterocycles. The summed E-state index contributed by atoms with van der Waals surface area (Å²) in [5, 5.41) is 10.1. The van der Waals surface area contributed by atoms with E-state index in [0.717, 1.165) is 27.9 Å². The van der Waals surface area contributed by atoms with Gasteiger partial charge >= 0.3 is 0 Å². The third kappa shape index (κ3) is 5.86. The molecule has 206 valence electrons. The number of anilines is 1. The summed E-state index contributed by atoms with van der Waals surface area (Å²) in [5.74, 6) is -1.21. The van der Waals surface area contributed by atoms with E-state index in [2.05, 4.69) is 15.7 Å². The van der Waals surface area contributed by atoms with Gasteiger partial charge in [0.25, 0.3) is 5.91 Å². The summed E-state index contributed by atoms with van der Waals surface area (Å²) < 4.78 is 3.08. The molecule has 1 unspecified atom stereocenters. The van der Waals surface area contributed by atoms with Gasteiger partial charge in [-0.1, -0.05) is 72.8 Å². The fraction of sp³-hybridized carbons (Fsp3) is 0.152. The molecule has 0 aliphatic rings. The van der Waals surface area contributed by atoms with Crippen molar-refractivity contribution in [3.8, 4) is 11.1 Å². The summed E-state index contributed by atoms with van der Waals surface area (Å²) in [6.45, 7) is 1.90. The molecule has 0 radical (unpaired) electrons. The summed E-state index contributed by atoms with van der Waals surface area (Å²) in [6.07, 6.45) is 1.55. The van der Waals surface area contributed by atoms with Crippen LogP contribution in [0.2, 0.25) is 0 Å². The third-order valence-electron chi connectivity index (χ3n) is 7.35. The zero-order valence-corrected chi connectivity index (χ0v) is 23.1. The first kappa shape index (κ1) is 27.3. The van der Waals surface area contributed by atoms with Crippen LogP contribution in [0.4, 0.5) is 5.69 Å². The lowest BCUT2D eigenvalue weighted by Crippen LogP contribution is -2.48. The van der Waals surface area contributed by atoms with E-state index < -0.39 is 17.9 Å². The van der Waals surface area contributed by atoms with Gasteiger partial charge in [-0.2, -0.15) is 5.10 Å². The smallest absolute Gasteiger partial charge is 0.270 e. The molecule has 0 saturated heterocycles. The van der Waals surface area contributed by atoms with Crippen molar-refractivity contribution in [2.24, 2.45) is 14.1 Å². The molecule has 1 atom stereocenters. The lowest BCUT2D eigenvalue weighted by molar-refractivity contribution is -0.118. The Bertz CT molecular complexity index is 1690. The van der Waals surface area contributed by atoms with E-state index in [1.54, 1.807) is 43.1 Å². The maximum absolute atomic E-state index is 14.0. The lowest BCUT2D eigenvalue weighted by Gasteiger charge is -2.28. The van der Waals surface area contributed by atoms with Gasteiger partial charge in [-0.3, -0.25) is 19.1 Å². The van der Waals surface area contributed by atoms with Crippen LogP contribution >= 0.6 is 0 Å². The topological polar surface area (TPSA) is 98.0 Å². The molecule has 2 N–H and O–H groups in total. The quantitative estimate of drug-likeness (QED) is 0.296. The fourth-order valence-electron chi connectivity index (χ4n) is 5.00. The number of carbonyl (C=O) groups excluding carboxylic acids is 2. The summed E-state index contributed by atoms with van der Waals surface area (Å²) in [7, 11) is 3.43. The van der Waals surface area contributed by atoms with E-state index in [1.165, 1.54) is 4.68 Å². The number of hydrogen-bond acceptors (Lipinski definition) is 4. The van der Waals surface area contributed by atoms with Gasteiger partial charge in [-0.15, -0.1) is 0 Å². The van der Waals surface area contributed by atoms with E-state index in [9.17, 15) is 14.4 Å². The van der Waals surface area contributed by atoms with Crippen LogP contribution < -0.4 is 16.2 Å². The summed E-state index contributed by atoms with van der Waals surface area (Å²) in [6, 6.07) is 30.8. The summed E-state index contributed by atoms with van der Waals surface area (Å²) in [5.41, 5.74) is 5.35. The minimum Gasteiger partial charge on any atom is -0.338 e. The van der Waals surface area contributed by atoms with Crippen molar-refractivity contribution < 1.29 is 9.59 Å². The Balaban J connectivity index is 1.49. The number of nitrogens with zero attached hydrogens (tertiary/aromatic N) is 3. The zero-order chi connectivity index (χ0) is 28.9. The minimum absolute atomic E-state index is 0.0688. The number of benzene rings is 3. The Hall–Kier alpha value is -5.24. The van der Waals surface area contributed by atoms with E-state index in [0.29, 0.717) is 11.4 Å².